The summed E-state index contributed by atoms with van der Waals surface area (Å²) in [5.74, 6) is 0.139. The van der Waals surface area contributed by atoms with Crippen molar-refractivity contribution in [2.24, 2.45) is 5.92 Å². The first-order valence-electron chi connectivity index (χ1n) is 3.43. The standard InChI is InChI=1S/C7H14O2/c1-6(2)7(3)8-4-5-9-7/h6H,4-5H2,1-3H3. The monoisotopic (exact) mass is 130 g/mol. The maximum absolute atomic E-state index is 5.38. The first-order valence-corrected chi connectivity index (χ1v) is 3.43. The number of hydrogen-bond donors (Lipinski definition) is 0. The van der Waals surface area contributed by atoms with Crippen molar-refractivity contribution in [3.63, 3.8) is 0 Å². The largest absolute Gasteiger partial charge is 0.348 e. The summed E-state index contributed by atoms with van der Waals surface area (Å²) in [6.45, 7) is 7.69. The SMILES string of the molecule is CC(C)C1(C)OCCO1. The van der Waals surface area contributed by atoms with Crippen molar-refractivity contribution >= 4 is 0 Å². The summed E-state index contributed by atoms with van der Waals surface area (Å²) in [5, 5.41) is 0. The quantitative estimate of drug-likeness (QED) is 0.534. The summed E-state index contributed by atoms with van der Waals surface area (Å²) in [5.41, 5.74) is 0. The summed E-state index contributed by atoms with van der Waals surface area (Å²) in [4.78, 5) is 0. The Morgan fingerprint density at radius 1 is 1.22 bits per heavy atom. The van der Waals surface area contributed by atoms with Gasteiger partial charge in [-0.2, -0.15) is 0 Å². The van der Waals surface area contributed by atoms with E-state index in [0.717, 1.165) is 13.2 Å². The Balaban J connectivity index is 2.51. The van der Waals surface area contributed by atoms with Crippen molar-refractivity contribution in [3.05, 3.63) is 0 Å². The Hall–Kier alpha value is -0.0800. The Labute approximate surface area is 56.2 Å². The van der Waals surface area contributed by atoms with E-state index in [-0.39, 0.29) is 5.79 Å². The van der Waals surface area contributed by atoms with Crippen LogP contribution in [0.15, 0.2) is 0 Å². The predicted molar refractivity (Wildman–Crippen MR) is 35.1 cm³/mol. The summed E-state index contributed by atoms with van der Waals surface area (Å²) in [6, 6.07) is 0. The van der Waals surface area contributed by atoms with Gasteiger partial charge in [0, 0.05) is 5.92 Å². The molecule has 1 fully saturated rings. The molecule has 2 heteroatoms. The molecule has 1 aliphatic rings. The fourth-order valence-electron chi connectivity index (χ4n) is 0.864. The second-order valence-corrected chi connectivity index (χ2v) is 2.87. The lowest BCUT2D eigenvalue weighted by Gasteiger charge is -2.26. The molecule has 0 aliphatic carbocycles. The smallest absolute Gasteiger partial charge is 0.167 e. The molecule has 1 aliphatic heterocycles. The van der Waals surface area contributed by atoms with Gasteiger partial charge in [0.05, 0.1) is 13.2 Å². The highest BCUT2D eigenvalue weighted by Gasteiger charge is 2.33. The maximum Gasteiger partial charge on any atom is 0.167 e. The molecule has 0 spiro atoms. The van der Waals surface area contributed by atoms with Gasteiger partial charge in [-0.25, -0.2) is 0 Å². The second kappa shape index (κ2) is 2.27. The van der Waals surface area contributed by atoms with Crippen LogP contribution in [0.2, 0.25) is 0 Å². The van der Waals surface area contributed by atoms with Gasteiger partial charge in [0.25, 0.3) is 0 Å². The lowest BCUT2D eigenvalue weighted by Crippen LogP contribution is -2.31. The molecule has 0 N–H and O–H groups in total. The van der Waals surface area contributed by atoms with Gasteiger partial charge < -0.3 is 9.47 Å². The third-order valence-corrected chi connectivity index (χ3v) is 1.91. The van der Waals surface area contributed by atoms with Crippen molar-refractivity contribution in [3.8, 4) is 0 Å². The third-order valence-electron chi connectivity index (χ3n) is 1.91. The van der Waals surface area contributed by atoms with Crippen LogP contribution in [-0.2, 0) is 9.47 Å². The van der Waals surface area contributed by atoms with Crippen molar-refractivity contribution < 1.29 is 9.47 Å². The van der Waals surface area contributed by atoms with Gasteiger partial charge in [-0.05, 0) is 6.92 Å². The normalized spacial score (nSPS) is 25.3. The van der Waals surface area contributed by atoms with Crippen LogP contribution in [-0.4, -0.2) is 19.0 Å². The molecule has 0 bridgehead atoms. The minimum atomic E-state index is -0.306. The van der Waals surface area contributed by atoms with Gasteiger partial charge in [-0.3, -0.25) is 0 Å². The Morgan fingerprint density at radius 3 is 1.89 bits per heavy atom. The predicted octanol–water partition coefficient (Wildman–Crippen LogP) is 1.41. The highest BCUT2D eigenvalue weighted by atomic mass is 16.7. The molecule has 1 saturated heterocycles. The molecule has 0 radical (unpaired) electrons. The van der Waals surface area contributed by atoms with E-state index < -0.39 is 0 Å². The molecular formula is C7H14O2. The summed E-state index contributed by atoms with van der Waals surface area (Å²) in [7, 11) is 0. The molecule has 9 heavy (non-hydrogen) atoms. The van der Waals surface area contributed by atoms with Crippen molar-refractivity contribution in [2.45, 2.75) is 26.6 Å². The summed E-state index contributed by atoms with van der Waals surface area (Å²) in [6.07, 6.45) is 0. The van der Waals surface area contributed by atoms with E-state index in [1.54, 1.807) is 0 Å². The van der Waals surface area contributed by atoms with Crippen LogP contribution in [0, 0.1) is 5.92 Å². The summed E-state index contributed by atoms with van der Waals surface area (Å²) >= 11 is 0. The van der Waals surface area contributed by atoms with E-state index in [4.69, 9.17) is 9.47 Å². The molecule has 0 amide bonds. The van der Waals surface area contributed by atoms with Crippen molar-refractivity contribution in [2.75, 3.05) is 13.2 Å². The summed E-state index contributed by atoms with van der Waals surface area (Å²) < 4.78 is 10.8. The van der Waals surface area contributed by atoms with Gasteiger partial charge >= 0.3 is 0 Å². The van der Waals surface area contributed by atoms with E-state index in [1.807, 2.05) is 6.92 Å². The lowest BCUT2D eigenvalue weighted by atomic mass is 10.1. The van der Waals surface area contributed by atoms with Crippen LogP contribution in [0.25, 0.3) is 0 Å². The Morgan fingerprint density at radius 2 is 1.67 bits per heavy atom. The molecule has 0 atom stereocenters. The zero-order valence-corrected chi connectivity index (χ0v) is 6.31. The molecule has 54 valence electrons. The van der Waals surface area contributed by atoms with E-state index >= 15 is 0 Å². The Kier molecular flexibility index (Phi) is 1.78. The van der Waals surface area contributed by atoms with Gasteiger partial charge in [0.2, 0.25) is 0 Å². The van der Waals surface area contributed by atoms with Crippen LogP contribution in [0.4, 0.5) is 0 Å². The molecule has 1 heterocycles. The molecule has 0 saturated carbocycles. The van der Waals surface area contributed by atoms with E-state index in [9.17, 15) is 0 Å². The molecule has 2 nitrogen and oxygen atoms in total. The van der Waals surface area contributed by atoms with E-state index in [1.165, 1.54) is 0 Å². The number of rotatable bonds is 1. The minimum Gasteiger partial charge on any atom is -0.348 e. The van der Waals surface area contributed by atoms with Gasteiger partial charge in [0.15, 0.2) is 5.79 Å². The van der Waals surface area contributed by atoms with E-state index in [0.29, 0.717) is 5.92 Å². The first kappa shape index (κ1) is 7.03. The average Bonchev–Trinajstić information content (AvgIpc) is 2.16. The van der Waals surface area contributed by atoms with Crippen LogP contribution in [0.5, 0.6) is 0 Å². The fraction of sp³-hybridized carbons (Fsp3) is 1.00. The van der Waals surface area contributed by atoms with E-state index in [2.05, 4.69) is 13.8 Å². The van der Waals surface area contributed by atoms with Crippen LogP contribution >= 0.6 is 0 Å². The molecule has 0 aromatic rings. The number of ether oxygens (including phenoxy) is 2. The van der Waals surface area contributed by atoms with Crippen LogP contribution in [0.1, 0.15) is 20.8 Å². The highest BCUT2D eigenvalue weighted by molar-refractivity contribution is 4.71. The van der Waals surface area contributed by atoms with Crippen molar-refractivity contribution in [1.82, 2.24) is 0 Å². The van der Waals surface area contributed by atoms with Crippen LogP contribution in [0.3, 0.4) is 0 Å². The lowest BCUT2D eigenvalue weighted by molar-refractivity contribution is -0.172. The third kappa shape index (κ3) is 1.25. The Bertz CT molecular complexity index is 93.1. The molecule has 1 rings (SSSR count). The molecule has 0 aromatic heterocycles. The topological polar surface area (TPSA) is 18.5 Å². The fourth-order valence-corrected chi connectivity index (χ4v) is 0.864. The molecular weight excluding hydrogens is 116 g/mol. The minimum absolute atomic E-state index is 0.306. The second-order valence-electron chi connectivity index (χ2n) is 2.87. The molecule has 0 unspecified atom stereocenters. The average molecular weight is 130 g/mol. The van der Waals surface area contributed by atoms with Crippen molar-refractivity contribution in [1.29, 1.82) is 0 Å². The zero-order chi connectivity index (χ0) is 6.91. The first-order chi connectivity index (χ1) is 4.15. The maximum atomic E-state index is 5.38. The zero-order valence-electron chi connectivity index (χ0n) is 6.31. The molecule has 0 aromatic carbocycles. The van der Waals surface area contributed by atoms with Gasteiger partial charge in [0.1, 0.15) is 0 Å². The van der Waals surface area contributed by atoms with Gasteiger partial charge in [-0.15, -0.1) is 0 Å². The van der Waals surface area contributed by atoms with Gasteiger partial charge in [-0.1, -0.05) is 13.8 Å². The highest BCUT2D eigenvalue weighted by Crippen LogP contribution is 2.26. The van der Waals surface area contributed by atoms with Crippen LogP contribution < -0.4 is 0 Å². The number of hydrogen-bond acceptors (Lipinski definition) is 2.